The second kappa shape index (κ2) is 36.9. The van der Waals surface area contributed by atoms with Crippen molar-refractivity contribution in [3.05, 3.63) is 97.2 Å². The average Bonchev–Trinajstić information content (AvgIpc) is 3.21. The zero-order valence-corrected chi connectivity index (χ0v) is 34.8. The maximum Gasteiger partial charge on any atom is 0.306 e. The molecule has 0 aromatic heterocycles. The van der Waals surface area contributed by atoms with E-state index in [2.05, 4.69) is 105 Å². The number of hydrogen-bond donors (Lipinski definition) is 4. The Morgan fingerprint density at radius 1 is 0.561 bits per heavy atom. The van der Waals surface area contributed by atoms with Gasteiger partial charge in [-0.05, 0) is 89.9 Å². The summed E-state index contributed by atoms with van der Waals surface area (Å²) in [5.41, 5.74) is 0. The van der Waals surface area contributed by atoms with Crippen molar-refractivity contribution in [3.8, 4) is 0 Å². The number of rotatable bonds is 33. The molecule has 1 aliphatic heterocycles. The third-order valence-corrected chi connectivity index (χ3v) is 8.95. The van der Waals surface area contributed by atoms with Crippen LogP contribution in [0.25, 0.3) is 0 Å². The minimum atomic E-state index is -1.62. The minimum absolute atomic E-state index is 0.139. The molecule has 1 rings (SSSR count). The Labute approximate surface area is 343 Å². The van der Waals surface area contributed by atoms with E-state index in [1.807, 2.05) is 6.08 Å². The van der Waals surface area contributed by atoms with Crippen LogP contribution in [0, 0.1) is 0 Å². The molecular weight excluding hydrogens is 725 g/mol. The highest BCUT2D eigenvalue weighted by Crippen LogP contribution is 2.22. The van der Waals surface area contributed by atoms with Crippen molar-refractivity contribution < 1.29 is 49.0 Å². The topological polar surface area (TPSA) is 152 Å². The molecule has 322 valence electrons. The van der Waals surface area contributed by atoms with Crippen molar-refractivity contribution in [1.29, 1.82) is 0 Å². The molecule has 1 heterocycles. The summed E-state index contributed by atoms with van der Waals surface area (Å²) in [6, 6.07) is 0. The normalized spacial score (nSPS) is 21.3. The Balaban J connectivity index is 2.45. The predicted molar refractivity (Wildman–Crippen MR) is 228 cm³/mol. The maximum absolute atomic E-state index is 12.7. The van der Waals surface area contributed by atoms with Gasteiger partial charge in [-0.1, -0.05) is 124 Å². The molecule has 6 atom stereocenters. The number of allylic oxidation sites excluding steroid dienone is 16. The molecule has 57 heavy (non-hydrogen) atoms. The summed E-state index contributed by atoms with van der Waals surface area (Å²) < 4.78 is 22.0. The van der Waals surface area contributed by atoms with Gasteiger partial charge in [0, 0.05) is 12.8 Å². The van der Waals surface area contributed by atoms with Crippen LogP contribution in [0.4, 0.5) is 0 Å². The van der Waals surface area contributed by atoms with Crippen molar-refractivity contribution in [2.24, 2.45) is 0 Å². The Morgan fingerprint density at radius 3 is 1.54 bits per heavy atom. The first-order valence-electron chi connectivity index (χ1n) is 21.3. The fraction of sp³-hybridized carbons (Fsp3) is 0.617. The van der Waals surface area contributed by atoms with Crippen LogP contribution in [-0.4, -0.2) is 89.0 Å². The van der Waals surface area contributed by atoms with Gasteiger partial charge in [-0.15, -0.1) is 0 Å². The number of aliphatic hydroxyl groups excluding tert-OH is 4. The van der Waals surface area contributed by atoms with Gasteiger partial charge in [0.25, 0.3) is 0 Å². The number of hydrogen-bond acceptors (Lipinski definition) is 10. The highest BCUT2D eigenvalue weighted by molar-refractivity contribution is 5.70. The van der Waals surface area contributed by atoms with E-state index in [4.69, 9.17) is 18.9 Å². The summed E-state index contributed by atoms with van der Waals surface area (Å²) in [5.74, 6) is -0.933. The SMILES string of the molecule is CC/C=C/C/C=C/C/C=C/C/C=C/CCCCC(=O)OC[C@H](CO[C@@H]1O[C@H](CO)[C@H](O)C(O)C1O)OC(=O)CCC/C=C/C/C=C/C/C=C/C/C=C/CCCCC. The molecule has 0 saturated carbocycles. The smallest absolute Gasteiger partial charge is 0.306 e. The molecule has 0 aliphatic carbocycles. The molecule has 10 nitrogen and oxygen atoms in total. The van der Waals surface area contributed by atoms with E-state index in [0.717, 1.165) is 64.2 Å². The molecule has 1 saturated heterocycles. The molecular formula is C47H74O10. The first-order valence-corrected chi connectivity index (χ1v) is 21.3. The van der Waals surface area contributed by atoms with Crippen LogP contribution >= 0.6 is 0 Å². The van der Waals surface area contributed by atoms with Gasteiger partial charge < -0.3 is 39.4 Å². The Kier molecular flexibility index (Phi) is 33.5. The van der Waals surface area contributed by atoms with Crippen molar-refractivity contribution >= 4 is 11.9 Å². The number of esters is 2. The first-order chi connectivity index (χ1) is 27.8. The van der Waals surface area contributed by atoms with Crippen LogP contribution in [0.2, 0.25) is 0 Å². The molecule has 0 amide bonds. The van der Waals surface area contributed by atoms with E-state index < -0.39 is 55.4 Å². The third-order valence-electron chi connectivity index (χ3n) is 8.95. The number of unbranched alkanes of at least 4 members (excludes halogenated alkanes) is 6. The monoisotopic (exact) mass is 799 g/mol. The van der Waals surface area contributed by atoms with Gasteiger partial charge in [-0.3, -0.25) is 9.59 Å². The lowest BCUT2D eigenvalue weighted by Gasteiger charge is -2.39. The van der Waals surface area contributed by atoms with Crippen molar-refractivity contribution in [2.45, 2.75) is 166 Å². The second-order valence-electron chi connectivity index (χ2n) is 14.1. The van der Waals surface area contributed by atoms with Gasteiger partial charge in [0.1, 0.15) is 31.0 Å². The highest BCUT2D eigenvalue weighted by Gasteiger charge is 2.44. The zero-order chi connectivity index (χ0) is 41.6. The van der Waals surface area contributed by atoms with Crippen molar-refractivity contribution in [3.63, 3.8) is 0 Å². The fourth-order valence-corrected chi connectivity index (χ4v) is 5.58. The molecule has 0 bridgehead atoms. The van der Waals surface area contributed by atoms with Crippen LogP contribution in [0.3, 0.4) is 0 Å². The standard InChI is InChI=1S/C47H74O10/c1-3-5-7-9-11-13-15-17-19-20-22-24-26-28-30-32-34-36-43(50)56-40(39-55-47-46(53)45(52)44(51)41(37-48)57-47)38-54-42(49)35-33-31-29-27-25-23-21-18-16-14-12-10-8-6-4-2/h6,8,11-14,17-19,21-22,24-25,27-28,30,40-41,44-48,51-53H,3-5,7,9-10,15-16,20,23,26,29,31-39H2,1-2H3/b8-6+,13-11+,14-12+,19-17+,21-18+,24-22+,27-25+,30-28+/t40-,41-,44+,45?,46?,47-/m1/s1. The molecule has 0 aromatic carbocycles. The largest absolute Gasteiger partial charge is 0.462 e. The number of carbonyl (C=O) groups is 2. The quantitative estimate of drug-likeness (QED) is 0.0288. The van der Waals surface area contributed by atoms with Crippen molar-refractivity contribution in [1.82, 2.24) is 0 Å². The maximum atomic E-state index is 12.7. The Bertz CT molecular complexity index is 1240. The third kappa shape index (κ3) is 28.6. The summed E-state index contributed by atoms with van der Waals surface area (Å²) in [6.45, 7) is 3.15. The summed E-state index contributed by atoms with van der Waals surface area (Å²) in [6.07, 6.45) is 41.3. The number of carbonyl (C=O) groups excluding carboxylic acids is 2. The van der Waals surface area contributed by atoms with Gasteiger partial charge in [0.2, 0.25) is 0 Å². The van der Waals surface area contributed by atoms with Crippen LogP contribution in [-0.2, 0) is 28.5 Å². The summed E-state index contributed by atoms with van der Waals surface area (Å²) >= 11 is 0. The highest BCUT2D eigenvalue weighted by atomic mass is 16.7. The van der Waals surface area contributed by atoms with Crippen LogP contribution in [0.15, 0.2) is 97.2 Å². The van der Waals surface area contributed by atoms with Gasteiger partial charge in [-0.25, -0.2) is 0 Å². The lowest BCUT2D eigenvalue weighted by Crippen LogP contribution is -2.59. The zero-order valence-electron chi connectivity index (χ0n) is 34.8. The molecule has 4 N–H and O–H groups in total. The first kappa shape index (κ1) is 51.6. The van der Waals surface area contributed by atoms with E-state index in [1.54, 1.807) is 0 Å². The number of aliphatic hydroxyl groups is 4. The van der Waals surface area contributed by atoms with Gasteiger partial charge in [0.15, 0.2) is 12.4 Å². The van der Waals surface area contributed by atoms with Gasteiger partial charge in [-0.2, -0.15) is 0 Å². The van der Waals surface area contributed by atoms with Crippen molar-refractivity contribution in [2.75, 3.05) is 19.8 Å². The lowest BCUT2D eigenvalue weighted by molar-refractivity contribution is -0.305. The Morgan fingerprint density at radius 2 is 1.04 bits per heavy atom. The summed E-state index contributed by atoms with van der Waals surface area (Å²) in [5, 5.41) is 40.0. The van der Waals surface area contributed by atoms with Crippen LogP contribution in [0.5, 0.6) is 0 Å². The van der Waals surface area contributed by atoms with Crippen LogP contribution < -0.4 is 0 Å². The van der Waals surface area contributed by atoms with E-state index in [9.17, 15) is 30.0 Å². The van der Waals surface area contributed by atoms with E-state index in [1.165, 1.54) is 19.3 Å². The predicted octanol–water partition coefficient (Wildman–Crippen LogP) is 8.77. The number of ether oxygens (including phenoxy) is 4. The van der Waals surface area contributed by atoms with E-state index >= 15 is 0 Å². The average molecular weight is 799 g/mol. The Hall–Kier alpha value is -3.38. The molecule has 1 aliphatic rings. The summed E-state index contributed by atoms with van der Waals surface area (Å²) in [7, 11) is 0. The molecule has 0 radical (unpaired) electrons. The summed E-state index contributed by atoms with van der Waals surface area (Å²) in [4.78, 5) is 25.3. The van der Waals surface area contributed by atoms with Crippen LogP contribution in [0.1, 0.15) is 129 Å². The minimum Gasteiger partial charge on any atom is -0.462 e. The molecule has 2 unspecified atom stereocenters. The van der Waals surface area contributed by atoms with Gasteiger partial charge >= 0.3 is 11.9 Å². The molecule has 0 aromatic rings. The molecule has 10 heteroatoms. The molecule has 1 fully saturated rings. The second-order valence-corrected chi connectivity index (χ2v) is 14.1. The van der Waals surface area contributed by atoms with Gasteiger partial charge in [0.05, 0.1) is 13.2 Å². The van der Waals surface area contributed by atoms with E-state index in [0.29, 0.717) is 19.3 Å². The fourth-order valence-electron chi connectivity index (χ4n) is 5.58. The molecule has 0 spiro atoms. The lowest BCUT2D eigenvalue weighted by atomic mass is 9.99. The van der Waals surface area contributed by atoms with E-state index in [-0.39, 0.29) is 26.1 Å².